The number of hydrogen-bond donors (Lipinski definition) is 0. The minimum absolute atomic E-state index is 0.181. The summed E-state index contributed by atoms with van der Waals surface area (Å²) in [6.07, 6.45) is 2.09. The number of esters is 1. The van der Waals surface area contributed by atoms with E-state index in [4.69, 9.17) is 18.9 Å². The lowest BCUT2D eigenvalue weighted by atomic mass is 10.1. The maximum absolute atomic E-state index is 11.2. The molecule has 0 radical (unpaired) electrons. The molecule has 6 nitrogen and oxygen atoms in total. The number of rotatable bonds is 8. The monoisotopic (exact) mass is 336 g/mol. The van der Waals surface area contributed by atoms with E-state index in [1.165, 1.54) is 7.11 Å². The SMILES string of the molecule is COC(=O)CC=CC1OC(OCc2ccccc2)C(OC)C1OC. The van der Waals surface area contributed by atoms with Crippen molar-refractivity contribution in [3.05, 3.63) is 48.0 Å². The zero-order chi connectivity index (χ0) is 17.4. The second kappa shape index (κ2) is 9.54. The van der Waals surface area contributed by atoms with Crippen LogP contribution in [0.1, 0.15) is 12.0 Å². The van der Waals surface area contributed by atoms with Gasteiger partial charge in [-0.05, 0) is 5.56 Å². The van der Waals surface area contributed by atoms with Crippen LogP contribution in [0.4, 0.5) is 0 Å². The molecule has 1 heterocycles. The molecule has 1 aliphatic rings. The fraction of sp³-hybridized carbons (Fsp3) is 0.500. The van der Waals surface area contributed by atoms with Crippen molar-refractivity contribution in [1.29, 1.82) is 0 Å². The Labute approximate surface area is 142 Å². The smallest absolute Gasteiger partial charge is 0.309 e. The third kappa shape index (κ3) is 4.88. The van der Waals surface area contributed by atoms with Gasteiger partial charge in [-0.2, -0.15) is 0 Å². The summed E-state index contributed by atoms with van der Waals surface area (Å²) in [6, 6.07) is 9.84. The van der Waals surface area contributed by atoms with Crippen molar-refractivity contribution < 1.29 is 28.5 Å². The van der Waals surface area contributed by atoms with Crippen molar-refractivity contribution in [1.82, 2.24) is 0 Å². The standard InChI is InChI=1S/C18H24O6/c1-20-15(19)11-7-10-14-16(21-2)17(22-3)18(24-14)23-12-13-8-5-4-6-9-13/h4-10,14,16-18H,11-12H2,1-3H3. The van der Waals surface area contributed by atoms with Crippen molar-refractivity contribution in [2.45, 2.75) is 37.6 Å². The second-order valence-corrected chi connectivity index (χ2v) is 5.37. The van der Waals surface area contributed by atoms with Crippen molar-refractivity contribution in [2.24, 2.45) is 0 Å². The van der Waals surface area contributed by atoms with Crippen molar-refractivity contribution in [2.75, 3.05) is 21.3 Å². The number of benzene rings is 1. The molecule has 24 heavy (non-hydrogen) atoms. The van der Waals surface area contributed by atoms with Crippen molar-refractivity contribution in [3.63, 3.8) is 0 Å². The van der Waals surface area contributed by atoms with Crippen LogP contribution >= 0.6 is 0 Å². The molecule has 0 amide bonds. The van der Waals surface area contributed by atoms with Crippen LogP contribution in [0.25, 0.3) is 0 Å². The van der Waals surface area contributed by atoms with Crippen LogP contribution in [-0.2, 0) is 35.1 Å². The van der Waals surface area contributed by atoms with Crippen molar-refractivity contribution in [3.8, 4) is 0 Å². The minimum atomic E-state index is -0.548. The predicted molar refractivity (Wildman–Crippen MR) is 87.3 cm³/mol. The van der Waals surface area contributed by atoms with Gasteiger partial charge in [-0.15, -0.1) is 0 Å². The molecule has 1 fully saturated rings. The van der Waals surface area contributed by atoms with E-state index in [1.807, 2.05) is 30.3 Å². The summed E-state index contributed by atoms with van der Waals surface area (Å²) < 4.78 is 27.3. The molecule has 132 valence electrons. The summed E-state index contributed by atoms with van der Waals surface area (Å²) in [7, 11) is 4.55. The van der Waals surface area contributed by atoms with Crippen LogP contribution < -0.4 is 0 Å². The Hall–Kier alpha value is -1.73. The Morgan fingerprint density at radius 1 is 1.12 bits per heavy atom. The van der Waals surface area contributed by atoms with Gasteiger partial charge in [-0.3, -0.25) is 4.79 Å². The molecule has 0 aromatic heterocycles. The van der Waals surface area contributed by atoms with Crippen molar-refractivity contribution >= 4 is 5.97 Å². The molecule has 1 aromatic rings. The number of methoxy groups -OCH3 is 3. The Morgan fingerprint density at radius 3 is 2.46 bits per heavy atom. The molecule has 4 atom stereocenters. The van der Waals surface area contributed by atoms with Gasteiger partial charge in [-0.1, -0.05) is 42.5 Å². The first kappa shape index (κ1) is 18.6. The van der Waals surface area contributed by atoms with Crippen LogP contribution in [0, 0.1) is 0 Å². The number of ether oxygens (including phenoxy) is 5. The van der Waals surface area contributed by atoms with Gasteiger partial charge >= 0.3 is 5.97 Å². The number of carbonyl (C=O) groups excluding carboxylic acids is 1. The van der Waals surface area contributed by atoms with Gasteiger partial charge in [-0.25, -0.2) is 0 Å². The lowest BCUT2D eigenvalue weighted by Crippen LogP contribution is -2.36. The Morgan fingerprint density at radius 2 is 1.83 bits per heavy atom. The molecule has 0 aliphatic carbocycles. The fourth-order valence-electron chi connectivity index (χ4n) is 2.59. The molecule has 0 spiro atoms. The topological polar surface area (TPSA) is 63.2 Å². The van der Waals surface area contributed by atoms with Gasteiger partial charge in [0.25, 0.3) is 0 Å². The lowest BCUT2D eigenvalue weighted by Gasteiger charge is -2.20. The molecular weight excluding hydrogens is 312 g/mol. The van der Waals surface area contributed by atoms with E-state index in [0.29, 0.717) is 6.61 Å². The molecule has 6 heteroatoms. The van der Waals surface area contributed by atoms with Crippen LogP contribution in [0.5, 0.6) is 0 Å². The van der Waals surface area contributed by atoms with E-state index in [2.05, 4.69) is 4.74 Å². The predicted octanol–water partition coefficient (Wildman–Crippen LogP) is 2.08. The summed E-state index contributed by atoms with van der Waals surface area (Å²) in [4.78, 5) is 11.2. The largest absolute Gasteiger partial charge is 0.469 e. The summed E-state index contributed by atoms with van der Waals surface area (Å²) in [5.41, 5.74) is 1.05. The van der Waals surface area contributed by atoms with Gasteiger partial charge in [0, 0.05) is 14.2 Å². The van der Waals surface area contributed by atoms with Gasteiger partial charge < -0.3 is 23.7 Å². The van der Waals surface area contributed by atoms with E-state index in [9.17, 15) is 4.79 Å². The Kier molecular flexibility index (Phi) is 7.39. The van der Waals surface area contributed by atoms with Crippen LogP contribution in [0.15, 0.2) is 42.5 Å². The summed E-state index contributed by atoms with van der Waals surface area (Å²) in [5.74, 6) is -0.307. The van der Waals surface area contributed by atoms with E-state index < -0.39 is 6.29 Å². The zero-order valence-electron chi connectivity index (χ0n) is 14.2. The van der Waals surface area contributed by atoms with Gasteiger partial charge in [0.05, 0.1) is 20.1 Å². The minimum Gasteiger partial charge on any atom is -0.469 e. The van der Waals surface area contributed by atoms with Crippen LogP contribution in [0.2, 0.25) is 0 Å². The van der Waals surface area contributed by atoms with E-state index in [1.54, 1.807) is 26.4 Å². The summed E-state index contributed by atoms with van der Waals surface area (Å²) in [5, 5.41) is 0. The number of carbonyl (C=O) groups is 1. The molecule has 2 rings (SSSR count). The summed E-state index contributed by atoms with van der Waals surface area (Å²) in [6.45, 7) is 0.417. The molecule has 1 saturated heterocycles. The third-order valence-corrected chi connectivity index (χ3v) is 3.85. The Bertz CT molecular complexity index is 530. The number of hydrogen-bond acceptors (Lipinski definition) is 6. The van der Waals surface area contributed by atoms with Gasteiger partial charge in [0.15, 0.2) is 6.29 Å². The molecule has 1 aromatic carbocycles. The van der Waals surface area contributed by atoms with E-state index >= 15 is 0 Å². The van der Waals surface area contributed by atoms with Gasteiger partial charge in [0.2, 0.25) is 0 Å². The highest BCUT2D eigenvalue weighted by molar-refractivity contribution is 5.70. The second-order valence-electron chi connectivity index (χ2n) is 5.37. The van der Waals surface area contributed by atoms with Crippen LogP contribution in [-0.4, -0.2) is 51.9 Å². The highest BCUT2D eigenvalue weighted by atomic mass is 16.7. The summed E-state index contributed by atoms with van der Waals surface area (Å²) >= 11 is 0. The first-order valence-electron chi connectivity index (χ1n) is 7.79. The molecule has 0 bridgehead atoms. The Balaban J connectivity index is 1.97. The van der Waals surface area contributed by atoms with E-state index in [0.717, 1.165) is 5.56 Å². The molecule has 1 aliphatic heterocycles. The first-order chi connectivity index (χ1) is 11.7. The molecule has 4 unspecified atom stereocenters. The van der Waals surface area contributed by atoms with Gasteiger partial charge in [0.1, 0.15) is 18.3 Å². The molecule has 0 saturated carbocycles. The third-order valence-electron chi connectivity index (χ3n) is 3.85. The maximum Gasteiger partial charge on any atom is 0.309 e. The molecular formula is C18H24O6. The normalized spacial score (nSPS) is 26.8. The molecule has 0 N–H and O–H groups in total. The fourth-order valence-corrected chi connectivity index (χ4v) is 2.59. The van der Waals surface area contributed by atoms with E-state index in [-0.39, 0.29) is 30.7 Å². The average Bonchev–Trinajstić information content (AvgIpc) is 2.97. The average molecular weight is 336 g/mol. The quantitative estimate of drug-likeness (QED) is 0.535. The van der Waals surface area contributed by atoms with Crippen LogP contribution in [0.3, 0.4) is 0 Å². The maximum atomic E-state index is 11.2. The first-order valence-corrected chi connectivity index (χ1v) is 7.79. The lowest BCUT2D eigenvalue weighted by molar-refractivity contribution is -0.173. The zero-order valence-corrected chi connectivity index (χ0v) is 14.2. The highest BCUT2D eigenvalue weighted by Crippen LogP contribution is 2.28. The highest BCUT2D eigenvalue weighted by Gasteiger charge is 2.44.